The van der Waals surface area contributed by atoms with Crippen LogP contribution >= 0.6 is 0 Å². The summed E-state index contributed by atoms with van der Waals surface area (Å²) in [6, 6.07) is 5.32. The molecule has 0 bridgehead atoms. The Balaban J connectivity index is 2.79. The van der Waals surface area contributed by atoms with E-state index in [1.165, 1.54) is 6.92 Å². The first kappa shape index (κ1) is 22.9. The molecule has 3 atom stereocenters. The molecular formula is C18H27N5O5. The molecule has 0 unspecified atom stereocenters. The van der Waals surface area contributed by atoms with Crippen molar-refractivity contribution in [3.63, 3.8) is 0 Å². The van der Waals surface area contributed by atoms with Crippen molar-refractivity contribution in [1.29, 1.82) is 0 Å². The maximum absolute atomic E-state index is 12.6. The third-order valence-electron chi connectivity index (χ3n) is 3.91. The molecule has 10 nitrogen and oxygen atoms in total. The second-order valence-corrected chi connectivity index (χ2v) is 6.37. The molecule has 0 fully saturated rings. The number of aliphatic carboxylic acids is 1. The number of rotatable bonds is 11. The zero-order valence-electron chi connectivity index (χ0n) is 15.7. The van der Waals surface area contributed by atoms with E-state index in [9.17, 15) is 24.3 Å². The zero-order valence-corrected chi connectivity index (χ0v) is 15.7. The summed E-state index contributed by atoms with van der Waals surface area (Å²) in [7, 11) is 0. The number of hydrogen-bond acceptors (Lipinski definition) is 5. The monoisotopic (exact) mass is 393 g/mol. The number of primary amides is 1. The minimum Gasteiger partial charge on any atom is -0.480 e. The van der Waals surface area contributed by atoms with Crippen LogP contribution < -0.4 is 27.4 Å². The predicted molar refractivity (Wildman–Crippen MR) is 102 cm³/mol. The number of carboxylic acid groups (broad SMARTS) is 1. The van der Waals surface area contributed by atoms with Crippen molar-refractivity contribution < 1.29 is 24.3 Å². The lowest BCUT2D eigenvalue weighted by atomic mass is 10.0. The van der Waals surface area contributed by atoms with Gasteiger partial charge in [0.2, 0.25) is 11.8 Å². The highest BCUT2D eigenvalue weighted by molar-refractivity contribution is 5.91. The molecule has 1 aromatic carbocycles. The van der Waals surface area contributed by atoms with E-state index < -0.39 is 41.9 Å². The lowest BCUT2D eigenvalue weighted by Gasteiger charge is -2.22. The summed E-state index contributed by atoms with van der Waals surface area (Å²) in [6.07, 6.45) is 0.567. The first-order valence-corrected chi connectivity index (χ1v) is 8.87. The fourth-order valence-electron chi connectivity index (χ4n) is 2.41. The molecule has 1 rings (SSSR count). The van der Waals surface area contributed by atoms with E-state index in [1.807, 2.05) is 6.07 Å². The Kier molecular flexibility index (Phi) is 9.44. The highest BCUT2D eigenvalue weighted by atomic mass is 16.4. The van der Waals surface area contributed by atoms with Gasteiger partial charge in [-0.3, -0.25) is 9.59 Å². The Morgan fingerprint density at radius 3 is 2.18 bits per heavy atom. The Morgan fingerprint density at radius 1 is 1.04 bits per heavy atom. The van der Waals surface area contributed by atoms with Crippen molar-refractivity contribution in [2.24, 2.45) is 11.5 Å². The van der Waals surface area contributed by atoms with Crippen LogP contribution in [0.25, 0.3) is 0 Å². The van der Waals surface area contributed by atoms with Gasteiger partial charge in [-0.05, 0) is 25.3 Å². The number of nitrogens with two attached hydrogens (primary N) is 2. The van der Waals surface area contributed by atoms with E-state index in [0.717, 1.165) is 5.56 Å². The van der Waals surface area contributed by atoms with E-state index >= 15 is 0 Å². The summed E-state index contributed by atoms with van der Waals surface area (Å²) in [5.74, 6) is -2.37. The largest absolute Gasteiger partial charge is 0.480 e. The van der Waals surface area contributed by atoms with Gasteiger partial charge in [0, 0.05) is 13.0 Å². The van der Waals surface area contributed by atoms with Crippen LogP contribution in [0, 0.1) is 0 Å². The molecule has 0 aliphatic rings. The van der Waals surface area contributed by atoms with Gasteiger partial charge < -0.3 is 32.5 Å². The van der Waals surface area contributed by atoms with E-state index in [4.69, 9.17) is 11.5 Å². The highest BCUT2D eigenvalue weighted by Gasteiger charge is 2.27. The fourth-order valence-corrected chi connectivity index (χ4v) is 2.41. The van der Waals surface area contributed by atoms with Gasteiger partial charge in [0.1, 0.15) is 12.1 Å². The standard InChI is InChI=1S/C18H27N5O5/c1-11(19)15(24)23-14(10-12-6-3-2-4-7-12)16(25)22-13(17(26)27)8-5-9-21-18(20)28/h2-4,6-7,11,13-14H,5,8-10,19H2,1H3,(H,22,25)(H,23,24)(H,26,27)(H3,20,21,28)/t11-,13+,14+/m1/s1. The summed E-state index contributed by atoms with van der Waals surface area (Å²) >= 11 is 0. The Labute approximate surface area is 163 Å². The van der Waals surface area contributed by atoms with Crippen molar-refractivity contribution in [3.8, 4) is 0 Å². The van der Waals surface area contributed by atoms with Crippen LogP contribution in [0.5, 0.6) is 0 Å². The van der Waals surface area contributed by atoms with Gasteiger partial charge in [-0.25, -0.2) is 9.59 Å². The van der Waals surface area contributed by atoms with Crippen LogP contribution in [0.2, 0.25) is 0 Å². The normalized spacial score (nSPS) is 13.6. The average molecular weight is 393 g/mol. The number of urea groups is 1. The number of amides is 4. The molecular weight excluding hydrogens is 366 g/mol. The molecule has 0 aromatic heterocycles. The van der Waals surface area contributed by atoms with Gasteiger partial charge in [-0.15, -0.1) is 0 Å². The lowest BCUT2D eigenvalue weighted by molar-refractivity contribution is -0.142. The minimum atomic E-state index is -1.22. The number of benzene rings is 1. The molecule has 1 aromatic rings. The molecule has 0 aliphatic heterocycles. The number of hydrogen-bond donors (Lipinski definition) is 6. The summed E-state index contributed by atoms with van der Waals surface area (Å²) in [4.78, 5) is 46.7. The average Bonchev–Trinajstić information content (AvgIpc) is 2.63. The van der Waals surface area contributed by atoms with Crippen LogP contribution in [0.1, 0.15) is 25.3 Å². The second kappa shape index (κ2) is 11.5. The summed E-state index contributed by atoms with van der Waals surface area (Å²) in [5, 5.41) is 16.7. The number of nitrogens with one attached hydrogen (secondary N) is 3. The molecule has 28 heavy (non-hydrogen) atoms. The van der Waals surface area contributed by atoms with E-state index in [2.05, 4.69) is 16.0 Å². The first-order chi connectivity index (χ1) is 13.2. The van der Waals surface area contributed by atoms with Gasteiger partial charge >= 0.3 is 12.0 Å². The second-order valence-electron chi connectivity index (χ2n) is 6.37. The van der Waals surface area contributed by atoms with Crippen LogP contribution in [-0.2, 0) is 20.8 Å². The molecule has 0 aliphatic carbocycles. The van der Waals surface area contributed by atoms with Crippen molar-refractivity contribution >= 4 is 23.8 Å². The molecule has 0 saturated carbocycles. The van der Waals surface area contributed by atoms with Crippen molar-refractivity contribution in [1.82, 2.24) is 16.0 Å². The first-order valence-electron chi connectivity index (χ1n) is 8.87. The van der Waals surface area contributed by atoms with Crippen LogP contribution in [0.4, 0.5) is 4.79 Å². The Hall–Kier alpha value is -3.14. The molecule has 154 valence electrons. The van der Waals surface area contributed by atoms with Gasteiger partial charge in [0.05, 0.1) is 6.04 Å². The topological polar surface area (TPSA) is 177 Å². The fraction of sp³-hybridized carbons (Fsp3) is 0.444. The van der Waals surface area contributed by atoms with Gasteiger partial charge in [-0.1, -0.05) is 30.3 Å². The maximum atomic E-state index is 12.6. The number of carboxylic acids is 1. The summed E-state index contributed by atoms with van der Waals surface area (Å²) in [6.45, 7) is 1.67. The molecule has 0 radical (unpaired) electrons. The van der Waals surface area contributed by atoms with Gasteiger partial charge in [-0.2, -0.15) is 0 Å². The van der Waals surface area contributed by atoms with Crippen molar-refractivity contribution in [2.75, 3.05) is 6.54 Å². The Morgan fingerprint density at radius 2 is 1.64 bits per heavy atom. The quantitative estimate of drug-likeness (QED) is 0.265. The van der Waals surface area contributed by atoms with E-state index in [-0.39, 0.29) is 19.4 Å². The molecule has 10 heteroatoms. The molecule has 4 amide bonds. The smallest absolute Gasteiger partial charge is 0.326 e. The minimum absolute atomic E-state index is 0.0840. The molecule has 0 spiro atoms. The summed E-state index contributed by atoms with van der Waals surface area (Å²) in [5.41, 5.74) is 11.3. The SMILES string of the molecule is C[C@@H](N)C(=O)N[C@@H](Cc1ccccc1)C(=O)N[C@@H](CCCNC(N)=O)C(=O)O. The van der Waals surface area contributed by atoms with Gasteiger partial charge in [0.25, 0.3) is 0 Å². The predicted octanol–water partition coefficient (Wildman–Crippen LogP) is -0.921. The van der Waals surface area contributed by atoms with Crippen LogP contribution in [0.15, 0.2) is 30.3 Å². The van der Waals surface area contributed by atoms with Crippen LogP contribution in [-0.4, -0.2) is 53.6 Å². The molecule has 8 N–H and O–H groups in total. The summed E-state index contributed by atoms with van der Waals surface area (Å²) < 4.78 is 0. The third kappa shape index (κ3) is 8.49. The van der Waals surface area contributed by atoms with Crippen LogP contribution in [0.3, 0.4) is 0 Å². The molecule has 0 heterocycles. The lowest BCUT2D eigenvalue weighted by Crippen LogP contribution is -2.54. The van der Waals surface area contributed by atoms with Gasteiger partial charge in [0.15, 0.2) is 0 Å². The maximum Gasteiger partial charge on any atom is 0.326 e. The highest BCUT2D eigenvalue weighted by Crippen LogP contribution is 2.05. The number of carbonyl (C=O) groups excluding carboxylic acids is 3. The van der Waals surface area contributed by atoms with E-state index in [0.29, 0.717) is 6.42 Å². The van der Waals surface area contributed by atoms with Crippen molar-refractivity contribution in [2.45, 2.75) is 44.3 Å². The molecule has 0 saturated heterocycles. The van der Waals surface area contributed by atoms with Crippen molar-refractivity contribution in [3.05, 3.63) is 35.9 Å². The number of carbonyl (C=O) groups is 4. The zero-order chi connectivity index (χ0) is 21.1. The Bertz CT molecular complexity index is 680. The third-order valence-corrected chi connectivity index (χ3v) is 3.91. The van der Waals surface area contributed by atoms with E-state index in [1.54, 1.807) is 24.3 Å².